The molecule has 0 atom stereocenters. The lowest BCUT2D eigenvalue weighted by Gasteiger charge is -2.22. The summed E-state index contributed by atoms with van der Waals surface area (Å²) in [6.45, 7) is 10.4. The van der Waals surface area contributed by atoms with Gasteiger partial charge in [-0.25, -0.2) is 9.59 Å². The maximum absolute atomic E-state index is 12.1. The molecular formula is C18H27BN2O6. The summed E-state index contributed by atoms with van der Waals surface area (Å²) < 4.78 is 10.4. The average Bonchev–Trinajstić information content (AvgIpc) is 2.43. The highest BCUT2D eigenvalue weighted by atomic mass is 16.6. The van der Waals surface area contributed by atoms with Crippen molar-refractivity contribution in [2.45, 2.75) is 52.7 Å². The molecule has 0 aromatic heterocycles. The van der Waals surface area contributed by atoms with E-state index in [-0.39, 0.29) is 5.69 Å². The average molecular weight is 378 g/mol. The number of hydrogen-bond acceptors (Lipinski definition) is 6. The van der Waals surface area contributed by atoms with E-state index in [0.29, 0.717) is 11.3 Å². The smallest absolute Gasteiger partial charge is 0.444 e. The Morgan fingerprint density at radius 1 is 0.926 bits per heavy atom. The number of anilines is 2. The molecule has 1 rings (SSSR count). The van der Waals surface area contributed by atoms with E-state index >= 15 is 0 Å². The van der Waals surface area contributed by atoms with Gasteiger partial charge in [0.2, 0.25) is 0 Å². The zero-order chi connectivity index (χ0) is 20.8. The minimum absolute atomic E-state index is 0.268. The lowest BCUT2D eigenvalue weighted by molar-refractivity contribution is 0.0621. The van der Waals surface area contributed by atoms with E-state index in [1.54, 1.807) is 59.7 Å². The fourth-order valence-electron chi connectivity index (χ4n) is 1.90. The van der Waals surface area contributed by atoms with Gasteiger partial charge in [-0.15, -0.1) is 0 Å². The van der Waals surface area contributed by atoms with Crippen molar-refractivity contribution in [3.63, 3.8) is 0 Å². The maximum atomic E-state index is 12.1. The van der Waals surface area contributed by atoms with Crippen LogP contribution in [0.2, 0.25) is 0 Å². The zero-order valence-electron chi connectivity index (χ0n) is 16.5. The summed E-state index contributed by atoms with van der Waals surface area (Å²) in [6.07, 6.45) is 0.0872. The molecule has 1 aromatic rings. The molecule has 0 heterocycles. The first-order chi connectivity index (χ1) is 12.2. The Labute approximate surface area is 159 Å². The predicted molar refractivity (Wildman–Crippen MR) is 105 cm³/mol. The third-order valence-corrected chi connectivity index (χ3v) is 2.78. The van der Waals surface area contributed by atoms with Crippen LogP contribution >= 0.6 is 0 Å². The minimum atomic E-state index is -1.60. The number of benzene rings is 1. The maximum Gasteiger partial charge on any atom is 0.480 e. The fourth-order valence-corrected chi connectivity index (χ4v) is 1.90. The molecule has 0 saturated heterocycles. The standard InChI is InChI=1S/C18H27BN2O6/c1-17(2,3)26-15(22)20-13-8-7-12(9-10-19(24)25)11-14(13)21-16(23)27-18(4,5)6/h7-11,24-25H,1-6H3,(H,20,22)(H,21,23). The minimum Gasteiger partial charge on any atom is -0.444 e. The van der Waals surface area contributed by atoms with Crippen molar-refractivity contribution in [3.05, 3.63) is 29.7 Å². The van der Waals surface area contributed by atoms with Gasteiger partial charge in [0.15, 0.2) is 0 Å². The van der Waals surface area contributed by atoms with E-state index in [4.69, 9.17) is 19.5 Å². The van der Waals surface area contributed by atoms with Crippen LogP contribution in [0.4, 0.5) is 21.0 Å². The fraction of sp³-hybridized carbons (Fsp3) is 0.444. The first-order valence-electron chi connectivity index (χ1n) is 8.43. The van der Waals surface area contributed by atoms with Crippen LogP contribution in [0.1, 0.15) is 47.1 Å². The van der Waals surface area contributed by atoms with Crippen molar-refractivity contribution in [1.82, 2.24) is 0 Å². The van der Waals surface area contributed by atoms with Gasteiger partial charge in [-0.3, -0.25) is 10.6 Å². The van der Waals surface area contributed by atoms with Crippen molar-refractivity contribution in [2.24, 2.45) is 0 Å². The quantitative estimate of drug-likeness (QED) is 0.597. The third-order valence-electron chi connectivity index (χ3n) is 2.78. The van der Waals surface area contributed by atoms with Crippen LogP contribution in [0, 0.1) is 0 Å². The summed E-state index contributed by atoms with van der Waals surface area (Å²) in [7, 11) is -1.60. The molecule has 9 heteroatoms. The Hall–Kier alpha value is -2.52. The molecule has 8 nitrogen and oxygen atoms in total. The van der Waals surface area contributed by atoms with Crippen LogP contribution in [-0.4, -0.2) is 40.6 Å². The van der Waals surface area contributed by atoms with Crippen molar-refractivity contribution in [3.8, 4) is 0 Å². The molecule has 0 aliphatic rings. The number of rotatable bonds is 4. The van der Waals surface area contributed by atoms with Gasteiger partial charge in [0, 0.05) is 0 Å². The molecule has 0 spiro atoms. The summed E-state index contributed by atoms with van der Waals surface area (Å²) in [5, 5.41) is 23.0. The monoisotopic (exact) mass is 378 g/mol. The van der Waals surface area contributed by atoms with Crippen molar-refractivity contribution in [1.29, 1.82) is 0 Å². The second-order valence-corrected chi connectivity index (χ2v) is 7.83. The summed E-state index contributed by atoms with van der Waals surface area (Å²) in [4.78, 5) is 24.1. The highest BCUT2D eigenvalue weighted by Gasteiger charge is 2.20. The molecule has 0 aliphatic carbocycles. The van der Waals surface area contributed by atoms with Crippen molar-refractivity contribution in [2.75, 3.05) is 10.6 Å². The lowest BCUT2D eigenvalue weighted by Crippen LogP contribution is -2.29. The molecule has 0 fully saturated rings. The van der Waals surface area contributed by atoms with Gasteiger partial charge in [0.25, 0.3) is 0 Å². The van der Waals surface area contributed by atoms with Gasteiger partial charge >= 0.3 is 19.3 Å². The normalized spacial score (nSPS) is 11.9. The number of hydrogen-bond donors (Lipinski definition) is 4. The summed E-state index contributed by atoms with van der Waals surface area (Å²) >= 11 is 0. The topological polar surface area (TPSA) is 117 Å². The highest BCUT2D eigenvalue weighted by Crippen LogP contribution is 2.26. The molecular weight excluding hydrogens is 351 g/mol. The second-order valence-electron chi connectivity index (χ2n) is 7.83. The molecule has 0 bridgehead atoms. The predicted octanol–water partition coefficient (Wildman–Crippen LogP) is 3.41. The molecule has 0 aliphatic heterocycles. The van der Waals surface area contributed by atoms with Crippen LogP contribution < -0.4 is 10.6 Å². The Morgan fingerprint density at radius 2 is 1.41 bits per heavy atom. The first-order valence-corrected chi connectivity index (χ1v) is 8.43. The van der Waals surface area contributed by atoms with Gasteiger partial charge in [-0.1, -0.05) is 18.1 Å². The molecule has 0 unspecified atom stereocenters. The van der Waals surface area contributed by atoms with E-state index in [9.17, 15) is 9.59 Å². The number of carbonyl (C=O) groups is 2. The molecule has 1 aromatic carbocycles. The SMILES string of the molecule is CC(C)(C)OC(=O)Nc1ccc(C=CB(O)O)cc1NC(=O)OC(C)(C)C. The van der Waals surface area contributed by atoms with Crippen LogP contribution in [0.15, 0.2) is 24.2 Å². The Bertz CT molecular complexity index is 705. The summed E-state index contributed by atoms with van der Waals surface area (Å²) in [5.74, 6) is 1.16. The van der Waals surface area contributed by atoms with E-state index in [1.807, 2.05) is 0 Å². The third kappa shape index (κ3) is 9.67. The van der Waals surface area contributed by atoms with E-state index < -0.39 is 30.5 Å². The number of nitrogens with one attached hydrogen (secondary N) is 2. The molecule has 148 valence electrons. The first kappa shape index (κ1) is 22.5. The molecule has 2 amide bonds. The Balaban J connectivity index is 3.09. The number of carbonyl (C=O) groups excluding carboxylic acids is 2. The van der Waals surface area contributed by atoms with Gasteiger partial charge in [-0.05, 0) is 59.2 Å². The van der Waals surface area contributed by atoms with Crippen LogP contribution in [0.25, 0.3) is 6.08 Å². The van der Waals surface area contributed by atoms with Crippen LogP contribution in [-0.2, 0) is 9.47 Å². The van der Waals surface area contributed by atoms with Gasteiger partial charge in [0.05, 0.1) is 11.4 Å². The Morgan fingerprint density at radius 3 is 1.85 bits per heavy atom. The van der Waals surface area contributed by atoms with Crippen molar-refractivity contribution >= 4 is 36.8 Å². The van der Waals surface area contributed by atoms with E-state index in [2.05, 4.69) is 10.6 Å². The second kappa shape index (κ2) is 8.92. The molecule has 27 heavy (non-hydrogen) atoms. The molecule has 0 saturated carbocycles. The Kier molecular flexibility index (Phi) is 7.44. The summed E-state index contributed by atoms with van der Waals surface area (Å²) in [5.41, 5.74) is -0.227. The largest absolute Gasteiger partial charge is 0.480 e. The van der Waals surface area contributed by atoms with Gasteiger partial charge in [-0.2, -0.15) is 0 Å². The van der Waals surface area contributed by atoms with E-state index in [1.165, 1.54) is 6.08 Å². The molecule has 4 N–H and O–H groups in total. The highest BCUT2D eigenvalue weighted by molar-refractivity contribution is 6.48. The summed E-state index contributed by atoms with van der Waals surface area (Å²) in [6, 6.07) is 4.74. The number of ether oxygens (including phenoxy) is 2. The molecule has 0 radical (unpaired) electrons. The van der Waals surface area contributed by atoms with Gasteiger partial charge in [0.1, 0.15) is 11.2 Å². The number of amides is 2. The zero-order valence-corrected chi connectivity index (χ0v) is 16.5. The lowest BCUT2D eigenvalue weighted by atomic mass is 9.90. The van der Waals surface area contributed by atoms with Crippen molar-refractivity contribution < 1.29 is 29.1 Å². The van der Waals surface area contributed by atoms with Crippen LogP contribution in [0.5, 0.6) is 0 Å². The van der Waals surface area contributed by atoms with Crippen LogP contribution in [0.3, 0.4) is 0 Å². The van der Waals surface area contributed by atoms with Gasteiger partial charge < -0.3 is 19.5 Å². The van der Waals surface area contributed by atoms with E-state index in [0.717, 1.165) is 5.98 Å².